The maximum absolute atomic E-state index is 12.8. The van der Waals surface area contributed by atoms with Gasteiger partial charge in [-0.3, -0.25) is 4.79 Å². The highest BCUT2D eigenvalue weighted by Crippen LogP contribution is 2.60. The van der Waals surface area contributed by atoms with Crippen molar-refractivity contribution in [1.29, 1.82) is 0 Å². The van der Waals surface area contributed by atoms with E-state index in [-0.39, 0.29) is 12.0 Å². The van der Waals surface area contributed by atoms with Crippen LogP contribution in [-0.2, 0) is 10.7 Å². The van der Waals surface area contributed by atoms with E-state index in [0.717, 1.165) is 48.3 Å². The SMILES string of the molecule is O=C(COc1ccc(CCl)cc1)C12CC3CC(CC(C3)C1)C2. The maximum atomic E-state index is 12.8. The van der Waals surface area contributed by atoms with Gasteiger partial charge in [0, 0.05) is 11.3 Å². The number of rotatable bonds is 5. The van der Waals surface area contributed by atoms with E-state index in [1.165, 1.54) is 19.3 Å². The van der Waals surface area contributed by atoms with Crippen LogP contribution in [-0.4, -0.2) is 12.4 Å². The van der Waals surface area contributed by atoms with E-state index in [9.17, 15) is 4.79 Å². The molecule has 2 nitrogen and oxygen atoms in total. The lowest BCUT2D eigenvalue weighted by Gasteiger charge is -2.55. The molecule has 0 radical (unpaired) electrons. The number of carbonyl (C=O) groups is 1. The number of hydrogen-bond acceptors (Lipinski definition) is 2. The first-order valence-electron chi connectivity index (χ1n) is 8.48. The van der Waals surface area contributed by atoms with Crippen molar-refractivity contribution in [2.75, 3.05) is 6.61 Å². The average Bonchev–Trinajstić information content (AvgIpc) is 2.51. The first-order valence-corrected chi connectivity index (χ1v) is 9.01. The minimum absolute atomic E-state index is 0.0508. The number of ketones is 1. The van der Waals surface area contributed by atoms with Crippen LogP contribution in [0.5, 0.6) is 5.75 Å². The van der Waals surface area contributed by atoms with E-state index < -0.39 is 0 Å². The van der Waals surface area contributed by atoms with Gasteiger partial charge in [-0.15, -0.1) is 11.6 Å². The lowest BCUT2D eigenvalue weighted by molar-refractivity contribution is -0.145. The predicted octanol–water partition coefficient (Wildman–Crippen LogP) is 4.59. The molecule has 0 heterocycles. The Labute approximate surface area is 137 Å². The van der Waals surface area contributed by atoms with Crippen LogP contribution >= 0.6 is 11.6 Å². The molecule has 0 aliphatic heterocycles. The number of alkyl halides is 1. The Morgan fingerprint density at radius 3 is 2.09 bits per heavy atom. The van der Waals surface area contributed by atoms with Gasteiger partial charge in [0.25, 0.3) is 0 Å². The van der Waals surface area contributed by atoms with Gasteiger partial charge in [0.2, 0.25) is 0 Å². The highest BCUT2D eigenvalue weighted by Gasteiger charge is 2.54. The molecular formula is C19H23ClO2. The minimum atomic E-state index is -0.0508. The average molecular weight is 319 g/mol. The summed E-state index contributed by atoms with van der Waals surface area (Å²) in [6, 6.07) is 7.73. The molecule has 0 atom stereocenters. The van der Waals surface area contributed by atoms with Gasteiger partial charge >= 0.3 is 0 Å². The Kier molecular flexibility index (Phi) is 3.68. The molecule has 0 unspecified atom stereocenters. The minimum Gasteiger partial charge on any atom is -0.486 e. The van der Waals surface area contributed by atoms with E-state index in [1.807, 2.05) is 24.3 Å². The summed E-state index contributed by atoms with van der Waals surface area (Å²) in [5.41, 5.74) is 1.02. The summed E-state index contributed by atoms with van der Waals surface area (Å²) in [5, 5.41) is 0. The fraction of sp³-hybridized carbons (Fsp3) is 0.632. The van der Waals surface area contributed by atoms with Crippen LogP contribution in [0.2, 0.25) is 0 Å². The van der Waals surface area contributed by atoms with E-state index in [1.54, 1.807) is 0 Å². The summed E-state index contributed by atoms with van der Waals surface area (Å²) in [4.78, 5) is 12.8. The highest BCUT2D eigenvalue weighted by molar-refractivity contribution is 6.17. The molecule has 0 aromatic heterocycles. The Morgan fingerprint density at radius 2 is 1.59 bits per heavy atom. The zero-order valence-corrected chi connectivity index (χ0v) is 13.6. The Balaban J connectivity index is 1.41. The molecule has 1 aromatic carbocycles. The van der Waals surface area contributed by atoms with Crippen molar-refractivity contribution >= 4 is 17.4 Å². The van der Waals surface area contributed by atoms with Crippen LogP contribution in [0.4, 0.5) is 0 Å². The van der Waals surface area contributed by atoms with Gasteiger partial charge in [0.05, 0.1) is 0 Å². The number of ether oxygens (including phenoxy) is 1. The molecule has 22 heavy (non-hydrogen) atoms. The molecule has 4 saturated carbocycles. The van der Waals surface area contributed by atoms with Crippen LogP contribution < -0.4 is 4.74 Å². The van der Waals surface area contributed by atoms with Crippen LogP contribution in [0.15, 0.2) is 24.3 Å². The zero-order chi connectivity index (χ0) is 15.2. The summed E-state index contributed by atoms with van der Waals surface area (Å²) in [7, 11) is 0. The van der Waals surface area contributed by atoms with Gasteiger partial charge in [-0.25, -0.2) is 0 Å². The molecule has 118 valence electrons. The fourth-order valence-electron chi connectivity index (χ4n) is 5.43. The molecular weight excluding hydrogens is 296 g/mol. The Bertz CT molecular complexity index is 528. The van der Waals surface area contributed by atoms with Crippen molar-refractivity contribution < 1.29 is 9.53 Å². The van der Waals surface area contributed by atoms with Crippen molar-refractivity contribution in [3.63, 3.8) is 0 Å². The second-order valence-electron chi connectivity index (χ2n) is 7.69. The second kappa shape index (κ2) is 5.56. The standard InChI is InChI=1S/C19H23ClO2/c20-11-13-1-3-17(4-2-13)22-12-18(21)19-8-14-5-15(9-19)7-16(6-14)10-19/h1-4,14-16H,5-12H2. The zero-order valence-electron chi connectivity index (χ0n) is 12.9. The Morgan fingerprint density at radius 1 is 1.05 bits per heavy atom. The first-order chi connectivity index (χ1) is 10.7. The monoisotopic (exact) mass is 318 g/mol. The van der Waals surface area contributed by atoms with Crippen LogP contribution in [0.1, 0.15) is 44.1 Å². The van der Waals surface area contributed by atoms with Gasteiger partial charge in [-0.2, -0.15) is 0 Å². The first kappa shape index (κ1) is 14.6. The topological polar surface area (TPSA) is 26.3 Å². The third-order valence-electron chi connectivity index (χ3n) is 6.08. The molecule has 5 rings (SSSR count). The van der Waals surface area contributed by atoms with Crippen molar-refractivity contribution in [3.05, 3.63) is 29.8 Å². The number of Topliss-reactive ketones (excluding diaryl/α,β-unsaturated/α-hetero) is 1. The molecule has 1 aromatic rings. The largest absolute Gasteiger partial charge is 0.486 e. The van der Waals surface area contributed by atoms with Crippen molar-refractivity contribution in [2.24, 2.45) is 23.2 Å². The summed E-state index contributed by atoms with van der Waals surface area (Å²) in [6.07, 6.45) is 7.46. The smallest absolute Gasteiger partial charge is 0.176 e. The number of halogens is 1. The van der Waals surface area contributed by atoms with E-state index in [4.69, 9.17) is 16.3 Å². The predicted molar refractivity (Wildman–Crippen MR) is 87.1 cm³/mol. The number of benzene rings is 1. The van der Waals surface area contributed by atoms with E-state index >= 15 is 0 Å². The van der Waals surface area contributed by atoms with E-state index in [0.29, 0.717) is 11.7 Å². The molecule has 4 bridgehead atoms. The van der Waals surface area contributed by atoms with Crippen LogP contribution in [0, 0.1) is 23.2 Å². The van der Waals surface area contributed by atoms with Crippen molar-refractivity contribution in [2.45, 2.75) is 44.4 Å². The molecule has 4 fully saturated rings. The summed E-state index contributed by atoms with van der Waals surface area (Å²) >= 11 is 5.79. The summed E-state index contributed by atoms with van der Waals surface area (Å²) < 4.78 is 5.76. The lowest BCUT2D eigenvalue weighted by atomic mass is 9.48. The fourth-order valence-corrected chi connectivity index (χ4v) is 5.61. The van der Waals surface area contributed by atoms with Crippen LogP contribution in [0.3, 0.4) is 0 Å². The summed E-state index contributed by atoms with van der Waals surface area (Å²) in [6.45, 7) is 0.229. The molecule has 4 aliphatic rings. The molecule has 0 spiro atoms. The third-order valence-corrected chi connectivity index (χ3v) is 6.39. The third kappa shape index (κ3) is 2.56. The van der Waals surface area contributed by atoms with E-state index in [2.05, 4.69) is 0 Å². The van der Waals surface area contributed by atoms with Crippen molar-refractivity contribution in [1.82, 2.24) is 0 Å². The molecule has 0 N–H and O–H groups in total. The molecule has 3 heteroatoms. The second-order valence-corrected chi connectivity index (χ2v) is 7.95. The Hall–Kier alpha value is -1.02. The van der Waals surface area contributed by atoms with Crippen molar-refractivity contribution in [3.8, 4) is 5.75 Å². The van der Waals surface area contributed by atoms with Gasteiger partial charge in [0.15, 0.2) is 5.78 Å². The normalized spacial score (nSPS) is 35.6. The number of hydrogen-bond donors (Lipinski definition) is 0. The lowest BCUT2D eigenvalue weighted by Crippen LogP contribution is -2.51. The molecule has 0 saturated heterocycles. The number of carbonyl (C=O) groups excluding carboxylic acids is 1. The van der Waals surface area contributed by atoms with Gasteiger partial charge in [-0.1, -0.05) is 12.1 Å². The van der Waals surface area contributed by atoms with Crippen LogP contribution in [0.25, 0.3) is 0 Å². The van der Waals surface area contributed by atoms with Gasteiger partial charge in [-0.05, 0) is 74.0 Å². The maximum Gasteiger partial charge on any atom is 0.176 e. The highest BCUT2D eigenvalue weighted by atomic mass is 35.5. The molecule has 0 amide bonds. The quantitative estimate of drug-likeness (QED) is 0.742. The van der Waals surface area contributed by atoms with Gasteiger partial charge in [0.1, 0.15) is 12.4 Å². The summed E-state index contributed by atoms with van der Waals surface area (Å²) in [5.74, 6) is 4.03. The van der Waals surface area contributed by atoms with Gasteiger partial charge < -0.3 is 4.74 Å². The molecule has 4 aliphatic carbocycles.